The Morgan fingerprint density at radius 1 is 1.40 bits per heavy atom. The summed E-state index contributed by atoms with van der Waals surface area (Å²) < 4.78 is 1.21. The summed E-state index contributed by atoms with van der Waals surface area (Å²) in [5, 5.41) is 0. The van der Waals surface area contributed by atoms with E-state index in [9.17, 15) is 0 Å². The van der Waals surface area contributed by atoms with E-state index in [1.807, 2.05) is 0 Å². The molecule has 2 aliphatic rings. The molecule has 2 N–H and O–H groups in total. The Bertz CT molecular complexity index is 396. The molecule has 1 spiro atoms. The third kappa shape index (κ3) is 1.31. The van der Waals surface area contributed by atoms with Crippen LogP contribution < -0.4 is 5.73 Å². The second-order valence-electron chi connectivity index (χ2n) is 5.00. The molecule has 1 fully saturated rings. The highest BCUT2D eigenvalue weighted by atomic mass is 79.9. The van der Waals surface area contributed by atoms with E-state index in [0.717, 1.165) is 6.54 Å². The van der Waals surface area contributed by atoms with Crippen molar-refractivity contribution in [3.05, 3.63) is 33.8 Å². The second-order valence-corrected chi connectivity index (χ2v) is 5.92. The molecule has 0 heterocycles. The predicted octanol–water partition coefficient (Wildman–Crippen LogP) is 3.32. The smallest absolute Gasteiger partial charge is 0.0178 e. The molecule has 1 saturated carbocycles. The van der Waals surface area contributed by atoms with Gasteiger partial charge in [-0.25, -0.2) is 0 Å². The van der Waals surface area contributed by atoms with E-state index in [1.165, 1.54) is 35.7 Å². The maximum Gasteiger partial charge on any atom is 0.0178 e. The van der Waals surface area contributed by atoms with Crippen LogP contribution in [0.4, 0.5) is 0 Å². The van der Waals surface area contributed by atoms with Gasteiger partial charge >= 0.3 is 0 Å². The summed E-state index contributed by atoms with van der Waals surface area (Å²) in [5.41, 5.74) is 9.47. The van der Waals surface area contributed by atoms with Gasteiger partial charge in [-0.3, -0.25) is 0 Å². The zero-order valence-corrected chi connectivity index (χ0v) is 10.4. The summed E-state index contributed by atoms with van der Waals surface area (Å²) in [7, 11) is 0. The Labute approximate surface area is 99.2 Å². The molecule has 0 saturated heterocycles. The van der Waals surface area contributed by atoms with E-state index in [1.54, 1.807) is 5.56 Å². The number of rotatable bonds is 1. The Hall–Kier alpha value is -0.340. The van der Waals surface area contributed by atoms with E-state index < -0.39 is 0 Å². The van der Waals surface area contributed by atoms with Gasteiger partial charge in [0.25, 0.3) is 0 Å². The summed E-state index contributed by atoms with van der Waals surface area (Å²) in [4.78, 5) is 0. The molecule has 2 aliphatic carbocycles. The van der Waals surface area contributed by atoms with Gasteiger partial charge in [-0.15, -0.1) is 0 Å². The molecule has 0 bridgehead atoms. The van der Waals surface area contributed by atoms with Gasteiger partial charge in [0.05, 0.1) is 0 Å². The molecule has 15 heavy (non-hydrogen) atoms. The van der Waals surface area contributed by atoms with Crippen LogP contribution in [0.2, 0.25) is 0 Å². The quantitative estimate of drug-likeness (QED) is 0.829. The van der Waals surface area contributed by atoms with Crippen LogP contribution >= 0.6 is 15.9 Å². The predicted molar refractivity (Wildman–Crippen MR) is 66.1 cm³/mol. The molecule has 0 aliphatic heterocycles. The molecule has 80 valence electrons. The molecule has 1 aromatic carbocycles. The largest absolute Gasteiger partial charge is 0.330 e. The third-order valence-electron chi connectivity index (χ3n) is 4.26. The lowest BCUT2D eigenvalue weighted by Gasteiger charge is -2.39. The Kier molecular flexibility index (Phi) is 2.18. The average Bonchev–Trinajstić information content (AvgIpc) is 2.51. The number of hydrogen-bond donors (Lipinski definition) is 1. The van der Waals surface area contributed by atoms with Crippen molar-refractivity contribution in [2.24, 2.45) is 5.73 Å². The van der Waals surface area contributed by atoms with E-state index >= 15 is 0 Å². The van der Waals surface area contributed by atoms with Crippen LogP contribution in [-0.2, 0) is 5.41 Å². The van der Waals surface area contributed by atoms with Crippen molar-refractivity contribution in [1.29, 1.82) is 0 Å². The van der Waals surface area contributed by atoms with Gasteiger partial charge < -0.3 is 5.73 Å². The van der Waals surface area contributed by atoms with Crippen LogP contribution in [0.5, 0.6) is 0 Å². The van der Waals surface area contributed by atoms with Gasteiger partial charge in [-0.2, -0.15) is 0 Å². The third-order valence-corrected chi connectivity index (χ3v) is 4.75. The molecule has 1 nitrogen and oxygen atoms in total. The first kappa shape index (κ1) is 9.86. The van der Waals surface area contributed by atoms with Crippen LogP contribution in [-0.4, -0.2) is 6.54 Å². The van der Waals surface area contributed by atoms with Crippen LogP contribution in [0.15, 0.2) is 22.7 Å². The molecule has 1 unspecified atom stereocenters. The number of halogens is 1. The zero-order valence-electron chi connectivity index (χ0n) is 8.80. The van der Waals surface area contributed by atoms with Crippen molar-refractivity contribution < 1.29 is 0 Å². The van der Waals surface area contributed by atoms with Crippen molar-refractivity contribution in [2.45, 2.75) is 37.0 Å². The molecular weight excluding hydrogens is 250 g/mol. The van der Waals surface area contributed by atoms with Gasteiger partial charge in [0, 0.05) is 4.47 Å². The molecule has 0 amide bonds. The molecule has 1 aromatic rings. The van der Waals surface area contributed by atoms with E-state index in [-0.39, 0.29) is 0 Å². The van der Waals surface area contributed by atoms with Crippen molar-refractivity contribution in [2.75, 3.05) is 6.54 Å². The van der Waals surface area contributed by atoms with Crippen molar-refractivity contribution in [3.8, 4) is 0 Å². The fourth-order valence-corrected chi connectivity index (χ4v) is 3.68. The van der Waals surface area contributed by atoms with Crippen LogP contribution in [0, 0.1) is 0 Å². The molecule has 1 atom stereocenters. The lowest BCUT2D eigenvalue weighted by atomic mass is 9.65. The number of nitrogens with two attached hydrogens (primary N) is 1. The van der Waals surface area contributed by atoms with Crippen molar-refractivity contribution in [1.82, 2.24) is 0 Å². The monoisotopic (exact) mass is 265 g/mol. The van der Waals surface area contributed by atoms with Crippen LogP contribution in [0.25, 0.3) is 0 Å². The minimum Gasteiger partial charge on any atom is -0.330 e. The number of hydrogen-bond acceptors (Lipinski definition) is 1. The molecule has 0 aromatic heterocycles. The summed E-state index contributed by atoms with van der Waals surface area (Å²) in [5.74, 6) is 0.605. The normalized spacial score (nSPS) is 26.4. The van der Waals surface area contributed by atoms with Crippen molar-refractivity contribution >= 4 is 15.9 Å². The lowest BCUT2D eigenvalue weighted by Crippen LogP contribution is -2.32. The van der Waals surface area contributed by atoms with Gasteiger partial charge in [0.15, 0.2) is 0 Å². The fraction of sp³-hybridized carbons (Fsp3) is 0.538. The topological polar surface area (TPSA) is 26.0 Å². The summed E-state index contributed by atoms with van der Waals surface area (Å²) in [6.07, 6.45) is 5.42. The number of benzene rings is 1. The van der Waals surface area contributed by atoms with Gasteiger partial charge in [-0.1, -0.05) is 28.4 Å². The van der Waals surface area contributed by atoms with Crippen molar-refractivity contribution in [3.63, 3.8) is 0 Å². The Balaban J connectivity index is 2.11. The van der Waals surface area contributed by atoms with E-state index in [4.69, 9.17) is 5.73 Å². The van der Waals surface area contributed by atoms with Gasteiger partial charge in [-0.05, 0) is 60.4 Å². The first-order valence-corrected chi connectivity index (χ1v) is 6.54. The molecular formula is C13H16BrN. The molecule has 2 heteroatoms. The maximum absolute atomic E-state index is 5.87. The maximum atomic E-state index is 5.87. The Morgan fingerprint density at radius 2 is 2.20 bits per heavy atom. The highest BCUT2D eigenvalue weighted by Gasteiger charge is 2.46. The molecule has 3 rings (SSSR count). The summed E-state index contributed by atoms with van der Waals surface area (Å²) >= 11 is 3.58. The van der Waals surface area contributed by atoms with E-state index in [0.29, 0.717) is 11.3 Å². The van der Waals surface area contributed by atoms with E-state index in [2.05, 4.69) is 34.1 Å². The van der Waals surface area contributed by atoms with Crippen LogP contribution in [0.1, 0.15) is 42.7 Å². The standard InChI is InChI=1S/C13H16BrN/c14-10-2-3-11-9(8-15)7-13(4-1-5-13)12(11)6-10/h2-3,6,9H,1,4-5,7-8,15H2. The zero-order chi connectivity index (χ0) is 10.5. The Morgan fingerprint density at radius 3 is 2.80 bits per heavy atom. The minimum atomic E-state index is 0.503. The lowest BCUT2D eigenvalue weighted by molar-refractivity contribution is 0.233. The first-order valence-electron chi connectivity index (χ1n) is 5.75. The fourth-order valence-electron chi connectivity index (χ4n) is 3.32. The summed E-state index contributed by atoms with van der Waals surface area (Å²) in [6.45, 7) is 0.802. The SMILES string of the molecule is NCC1CC2(CCC2)c2cc(Br)ccc21. The van der Waals surface area contributed by atoms with Gasteiger partial charge in [0.1, 0.15) is 0 Å². The molecule has 0 radical (unpaired) electrons. The number of fused-ring (bicyclic) bond motifs is 2. The summed E-state index contributed by atoms with van der Waals surface area (Å²) in [6, 6.07) is 6.74. The second kappa shape index (κ2) is 3.33. The van der Waals surface area contributed by atoms with Crippen LogP contribution in [0.3, 0.4) is 0 Å². The highest BCUT2D eigenvalue weighted by Crippen LogP contribution is 2.56. The van der Waals surface area contributed by atoms with Gasteiger partial charge in [0.2, 0.25) is 0 Å². The average molecular weight is 266 g/mol. The highest BCUT2D eigenvalue weighted by molar-refractivity contribution is 9.10. The minimum absolute atomic E-state index is 0.503. The first-order chi connectivity index (χ1) is 7.25.